The maximum Gasteiger partial charge on any atom is 0.306 e. The minimum atomic E-state index is -4.64. The predicted molar refractivity (Wildman–Crippen MR) is 309 cm³/mol. The molecule has 0 aliphatic heterocycles. The zero-order valence-electron chi connectivity index (χ0n) is 47.6. The fraction of sp³-hybridized carbons (Fsp3) is 0.714. The number of carbonyl (C=O) groups excluding carboxylic acids is 2. The second kappa shape index (κ2) is 53.7. The molecule has 0 spiro atoms. The molecule has 10 heteroatoms. The highest BCUT2D eigenvalue weighted by Crippen LogP contribution is 2.38. The third-order valence-electron chi connectivity index (χ3n) is 12.3. The van der Waals surface area contributed by atoms with Gasteiger partial charge in [0.25, 0.3) is 7.82 Å². The first-order chi connectivity index (χ1) is 35.5. The van der Waals surface area contributed by atoms with Crippen molar-refractivity contribution < 1.29 is 42.1 Å². The standard InChI is InChI=1S/C63H110NO8P/c1-6-8-10-12-14-16-18-20-22-23-24-25-26-27-28-29-30-31-32-33-34-35-36-37-38-39-40-41-42-44-46-48-50-52-54-56-63(66)72-61(60-71-73(67,68)70-58-57-64(3,4)5)59-69-62(65)55-53-51-49-47-45-43-21-19-17-15-13-11-9-7-2/h8,10,14,16,19-22,24-25,27-28,30-31,33-34,61H,6-7,9,11-13,15,17-18,23,26,29,32,35-60H2,1-5H3/b10-8-,16-14-,21-19-,22-20-,25-24-,28-27-,31-30-,34-33-. The van der Waals surface area contributed by atoms with Gasteiger partial charge in [-0.15, -0.1) is 0 Å². The average molecular weight is 1040 g/mol. The van der Waals surface area contributed by atoms with Gasteiger partial charge in [-0.1, -0.05) is 227 Å². The van der Waals surface area contributed by atoms with Gasteiger partial charge in [-0.3, -0.25) is 14.2 Å². The van der Waals surface area contributed by atoms with Gasteiger partial charge >= 0.3 is 11.9 Å². The third kappa shape index (κ3) is 58.1. The van der Waals surface area contributed by atoms with E-state index in [0.29, 0.717) is 17.4 Å². The Morgan fingerprint density at radius 3 is 1.18 bits per heavy atom. The number of unbranched alkanes of at least 4 members (excludes halogenated alkanes) is 23. The molecule has 0 N–H and O–H groups in total. The van der Waals surface area contributed by atoms with Gasteiger partial charge in [0.05, 0.1) is 27.7 Å². The molecule has 0 aromatic carbocycles. The summed E-state index contributed by atoms with van der Waals surface area (Å²) in [6.07, 6.45) is 73.2. The smallest absolute Gasteiger partial charge is 0.306 e. The van der Waals surface area contributed by atoms with Gasteiger partial charge in [0.1, 0.15) is 19.8 Å². The molecule has 0 amide bonds. The summed E-state index contributed by atoms with van der Waals surface area (Å²) < 4.78 is 34.1. The summed E-state index contributed by atoms with van der Waals surface area (Å²) in [6, 6.07) is 0. The topological polar surface area (TPSA) is 111 Å². The zero-order valence-corrected chi connectivity index (χ0v) is 48.4. The Hall–Kier alpha value is -3.07. The van der Waals surface area contributed by atoms with Gasteiger partial charge in [-0.2, -0.15) is 0 Å². The minimum absolute atomic E-state index is 0.0353. The van der Waals surface area contributed by atoms with E-state index in [-0.39, 0.29) is 26.1 Å². The number of esters is 2. The lowest BCUT2D eigenvalue weighted by Gasteiger charge is -2.28. The SMILES string of the molecule is CC/C=C\C/C=C\C/C=C\C/C=C\C/C=C\C/C=C\C/C=C\CCCCCCCCCCCCCCCC(=O)OC(COC(=O)CCCCCCC/C=C\CCCCCCC)COP(=O)([O-])OCC[N+](C)(C)C. The summed E-state index contributed by atoms with van der Waals surface area (Å²) in [5.74, 6) is -0.845. The fourth-order valence-corrected chi connectivity index (χ4v) is 8.54. The molecule has 2 atom stereocenters. The van der Waals surface area contributed by atoms with Crippen LogP contribution in [0.4, 0.5) is 0 Å². The molecule has 73 heavy (non-hydrogen) atoms. The second-order valence-corrected chi connectivity index (χ2v) is 22.0. The van der Waals surface area contributed by atoms with Crippen molar-refractivity contribution >= 4 is 19.8 Å². The number of allylic oxidation sites excluding steroid dienone is 16. The van der Waals surface area contributed by atoms with Crippen LogP contribution < -0.4 is 4.89 Å². The quantitative estimate of drug-likeness (QED) is 0.0195. The molecule has 2 unspecified atom stereocenters. The number of quaternary nitrogens is 1. The molecule has 0 aliphatic rings. The van der Waals surface area contributed by atoms with Crippen LogP contribution in [0.3, 0.4) is 0 Å². The van der Waals surface area contributed by atoms with Crippen LogP contribution in [0.1, 0.15) is 239 Å². The van der Waals surface area contributed by atoms with Crippen LogP contribution in [-0.2, 0) is 32.7 Å². The van der Waals surface area contributed by atoms with Crippen LogP contribution in [0.15, 0.2) is 97.2 Å². The van der Waals surface area contributed by atoms with Crippen molar-refractivity contribution in [2.75, 3.05) is 47.5 Å². The van der Waals surface area contributed by atoms with E-state index in [0.717, 1.165) is 103 Å². The number of phosphoric ester groups is 1. The van der Waals surface area contributed by atoms with E-state index >= 15 is 0 Å². The molecular formula is C63H110NO8P. The van der Waals surface area contributed by atoms with Crippen LogP contribution in [0.25, 0.3) is 0 Å². The molecule has 0 saturated heterocycles. The van der Waals surface area contributed by atoms with Crippen molar-refractivity contribution in [3.05, 3.63) is 97.2 Å². The van der Waals surface area contributed by atoms with Crippen molar-refractivity contribution in [2.45, 2.75) is 245 Å². The largest absolute Gasteiger partial charge is 0.756 e. The maximum atomic E-state index is 12.8. The first kappa shape index (κ1) is 69.9. The highest BCUT2D eigenvalue weighted by molar-refractivity contribution is 7.45. The van der Waals surface area contributed by atoms with Gasteiger partial charge < -0.3 is 27.9 Å². The van der Waals surface area contributed by atoms with Gasteiger partial charge in [0, 0.05) is 12.8 Å². The van der Waals surface area contributed by atoms with E-state index in [1.165, 1.54) is 103 Å². The Morgan fingerprint density at radius 2 is 0.781 bits per heavy atom. The normalized spacial score (nSPS) is 14.0. The molecule has 0 radical (unpaired) electrons. The van der Waals surface area contributed by atoms with Gasteiger partial charge in [-0.05, 0) is 96.3 Å². The number of ether oxygens (including phenoxy) is 2. The summed E-state index contributed by atoms with van der Waals surface area (Å²) in [4.78, 5) is 37.8. The maximum absolute atomic E-state index is 12.8. The van der Waals surface area contributed by atoms with E-state index in [9.17, 15) is 19.0 Å². The number of hydrogen-bond donors (Lipinski definition) is 0. The van der Waals surface area contributed by atoms with E-state index in [2.05, 4.69) is 111 Å². The van der Waals surface area contributed by atoms with E-state index in [1.54, 1.807) is 0 Å². The van der Waals surface area contributed by atoms with Crippen LogP contribution in [0.5, 0.6) is 0 Å². The number of nitrogens with zero attached hydrogens (tertiary/aromatic N) is 1. The first-order valence-corrected chi connectivity index (χ1v) is 30.9. The Labute approximate surface area is 449 Å². The highest BCUT2D eigenvalue weighted by Gasteiger charge is 2.21. The van der Waals surface area contributed by atoms with Crippen molar-refractivity contribution in [1.82, 2.24) is 0 Å². The van der Waals surface area contributed by atoms with Crippen LogP contribution in [-0.4, -0.2) is 70.0 Å². The molecule has 0 rings (SSSR count). The van der Waals surface area contributed by atoms with Crippen molar-refractivity contribution in [2.24, 2.45) is 0 Å². The lowest BCUT2D eigenvalue weighted by Crippen LogP contribution is -2.37. The van der Waals surface area contributed by atoms with Gasteiger partial charge in [0.15, 0.2) is 6.10 Å². The lowest BCUT2D eigenvalue weighted by atomic mass is 10.0. The molecule has 0 aliphatic carbocycles. The van der Waals surface area contributed by atoms with Gasteiger partial charge in [-0.25, -0.2) is 0 Å². The number of phosphoric acid groups is 1. The Morgan fingerprint density at radius 1 is 0.438 bits per heavy atom. The number of rotatable bonds is 53. The molecule has 0 aromatic rings. The monoisotopic (exact) mass is 1040 g/mol. The second-order valence-electron chi connectivity index (χ2n) is 20.6. The summed E-state index contributed by atoms with van der Waals surface area (Å²) in [5, 5.41) is 0. The molecule has 0 heterocycles. The summed E-state index contributed by atoms with van der Waals surface area (Å²) in [7, 11) is 1.16. The zero-order chi connectivity index (χ0) is 53.5. The van der Waals surface area contributed by atoms with Crippen molar-refractivity contribution in [3.8, 4) is 0 Å². The van der Waals surface area contributed by atoms with Gasteiger partial charge in [0.2, 0.25) is 0 Å². The Bertz CT molecular complexity index is 1550. The number of hydrogen-bond acceptors (Lipinski definition) is 8. The Balaban J connectivity index is 4.08. The molecule has 0 aromatic heterocycles. The van der Waals surface area contributed by atoms with E-state index < -0.39 is 32.5 Å². The average Bonchev–Trinajstić information content (AvgIpc) is 3.35. The van der Waals surface area contributed by atoms with Crippen LogP contribution in [0, 0.1) is 0 Å². The minimum Gasteiger partial charge on any atom is -0.756 e. The third-order valence-corrected chi connectivity index (χ3v) is 13.3. The van der Waals surface area contributed by atoms with E-state index in [4.69, 9.17) is 18.5 Å². The fourth-order valence-electron chi connectivity index (χ4n) is 7.81. The van der Waals surface area contributed by atoms with Crippen LogP contribution >= 0.6 is 7.82 Å². The molecule has 0 bridgehead atoms. The predicted octanol–water partition coefficient (Wildman–Crippen LogP) is 17.8. The lowest BCUT2D eigenvalue weighted by molar-refractivity contribution is -0.870. The number of likely N-dealkylation sites (N-methyl/N-ethyl adjacent to an activating group) is 1. The Kier molecular flexibility index (Phi) is 51.5. The first-order valence-electron chi connectivity index (χ1n) is 29.4. The molecule has 420 valence electrons. The highest BCUT2D eigenvalue weighted by atomic mass is 31.2. The summed E-state index contributed by atoms with van der Waals surface area (Å²) >= 11 is 0. The van der Waals surface area contributed by atoms with Crippen molar-refractivity contribution in [3.63, 3.8) is 0 Å². The van der Waals surface area contributed by atoms with Crippen LogP contribution in [0.2, 0.25) is 0 Å². The summed E-state index contributed by atoms with van der Waals surface area (Å²) in [5.41, 5.74) is 0. The molecular weight excluding hydrogens is 930 g/mol. The summed E-state index contributed by atoms with van der Waals surface area (Å²) in [6.45, 7) is 4.10. The van der Waals surface area contributed by atoms with E-state index in [1.807, 2.05) is 21.1 Å². The molecule has 0 fully saturated rings. The molecule has 9 nitrogen and oxygen atoms in total. The van der Waals surface area contributed by atoms with Crippen molar-refractivity contribution in [1.29, 1.82) is 0 Å². The molecule has 0 saturated carbocycles. The number of carbonyl (C=O) groups is 2.